The van der Waals surface area contributed by atoms with E-state index >= 15 is 0 Å². The first kappa shape index (κ1) is 10.3. The molecule has 1 aliphatic carbocycles. The van der Waals surface area contributed by atoms with Gasteiger partial charge in [-0.3, -0.25) is 4.79 Å². The van der Waals surface area contributed by atoms with E-state index in [0.717, 1.165) is 0 Å². The van der Waals surface area contributed by atoms with Gasteiger partial charge in [0, 0.05) is 12.5 Å². The van der Waals surface area contributed by atoms with Gasteiger partial charge in [-0.15, -0.1) is 6.58 Å². The molecular weight excluding hydrogens is 162 g/mol. The first-order chi connectivity index (χ1) is 6.25. The van der Waals surface area contributed by atoms with Crippen LogP contribution in [-0.4, -0.2) is 12.5 Å². The molecule has 2 nitrogen and oxygen atoms in total. The second kappa shape index (κ2) is 5.05. The Morgan fingerprint density at radius 2 is 2.23 bits per heavy atom. The van der Waals surface area contributed by atoms with E-state index in [1.54, 1.807) is 6.08 Å². The average Bonchev–Trinajstić information content (AvgIpc) is 2.65. The highest BCUT2D eigenvalue weighted by Gasteiger charge is 2.26. The van der Waals surface area contributed by atoms with E-state index in [-0.39, 0.29) is 11.8 Å². The van der Waals surface area contributed by atoms with Crippen LogP contribution in [0.25, 0.3) is 0 Å². The predicted molar refractivity (Wildman–Crippen MR) is 54.3 cm³/mol. The maximum Gasteiger partial charge on any atom is 0.223 e. The second-order valence-corrected chi connectivity index (χ2v) is 3.87. The summed E-state index contributed by atoms with van der Waals surface area (Å²) in [6.45, 7) is 6.20. The zero-order valence-corrected chi connectivity index (χ0v) is 8.38. The molecule has 0 aromatic rings. The summed E-state index contributed by atoms with van der Waals surface area (Å²) < 4.78 is 0. The fraction of sp³-hybridized carbons (Fsp3) is 0.727. The monoisotopic (exact) mass is 181 g/mol. The van der Waals surface area contributed by atoms with Crippen LogP contribution in [0, 0.1) is 11.8 Å². The van der Waals surface area contributed by atoms with Crippen LogP contribution in [0.4, 0.5) is 0 Å². The van der Waals surface area contributed by atoms with E-state index in [9.17, 15) is 4.79 Å². The van der Waals surface area contributed by atoms with Crippen molar-refractivity contribution in [1.29, 1.82) is 0 Å². The maximum absolute atomic E-state index is 11.5. The lowest BCUT2D eigenvalue weighted by molar-refractivity contribution is -0.125. The Labute approximate surface area is 80.4 Å². The molecule has 0 aromatic carbocycles. The summed E-state index contributed by atoms with van der Waals surface area (Å²) >= 11 is 0. The summed E-state index contributed by atoms with van der Waals surface area (Å²) in [5, 5.41) is 2.85. The second-order valence-electron chi connectivity index (χ2n) is 3.87. The van der Waals surface area contributed by atoms with Crippen LogP contribution in [0.2, 0.25) is 0 Å². The molecular formula is C11H19NO. The van der Waals surface area contributed by atoms with Gasteiger partial charge >= 0.3 is 0 Å². The van der Waals surface area contributed by atoms with Crippen LogP contribution in [0.1, 0.15) is 32.6 Å². The number of hydrogen-bond donors (Lipinski definition) is 1. The molecule has 74 valence electrons. The minimum atomic E-state index is 0.183. The summed E-state index contributed by atoms with van der Waals surface area (Å²) in [5.74, 6) is 0.985. The molecule has 0 unspecified atom stereocenters. The Balaban J connectivity index is 2.31. The highest BCUT2D eigenvalue weighted by molar-refractivity contribution is 5.78. The van der Waals surface area contributed by atoms with Gasteiger partial charge in [-0.2, -0.15) is 0 Å². The molecule has 1 fully saturated rings. The molecule has 0 saturated heterocycles. The standard InChI is InChI=1S/C11H19NO/c1-3-8-12-11(13)9(2)10-6-4-5-7-10/h3,9-10H,1,4-8H2,2H3,(H,12,13)/t9-/m0/s1. The molecule has 1 saturated carbocycles. The van der Waals surface area contributed by atoms with Crippen molar-refractivity contribution in [3.8, 4) is 0 Å². The number of nitrogens with one attached hydrogen (secondary N) is 1. The zero-order valence-electron chi connectivity index (χ0n) is 8.38. The Kier molecular flexibility index (Phi) is 4.00. The van der Waals surface area contributed by atoms with Gasteiger partial charge in [0.25, 0.3) is 0 Å². The molecule has 1 aliphatic rings. The normalized spacial score (nSPS) is 19.8. The topological polar surface area (TPSA) is 29.1 Å². The van der Waals surface area contributed by atoms with Crippen molar-refractivity contribution in [2.45, 2.75) is 32.6 Å². The van der Waals surface area contributed by atoms with E-state index < -0.39 is 0 Å². The maximum atomic E-state index is 11.5. The van der Waals surface area contributed by atoms with Gasteiger partial charge in [-0.1, -0.05) is 25.8 Å². The van der Waals surface area contributed by atoms with E-state index in [1.807, 2.05) is 6.92 Å². The Morgan fingerprint density at radius 3 is 2.77 bits per heavy atom. The van der Waals surface area contributed by atoms with Gasteiger partial charge in [0.2, 0.25) is 5.91 Å². The van der Waals surface area contributed by atoms with Gasteiger partial charge < -0.3 is 5.32 Å². The van der Waals surface area contributed by atoms with Crippen molar-refractivity contribution in [1.82, 2.24) is 5.32 Å². The molecule has 13 heavy (non-hydrogen) atoms. The first-order valence-electron chi connectivity index (χ1n) is 5.14. The van der Waals surface area contributed by atoms with Gasteiger partial charge in [0.1, 0.15) is 0 Å². The molecule has 0 spiro atoms. The Bertz CT molecular complexity index is 183. The Hall–Kier alpha value is -0.790. The summed E-state index contributed by atoms with van der Waals surface area (Å²) in [4.78, 5) is 11.5. The SMILES string of the molecule is C=CCNC(=O)[C@@H](C)C1CCCC1. The quantitative estimate of drug-likeness (QED) is 0.661. The molecule has 1 rings (SSSR count). The zero-order chi connectivity index (χ0) is 9.68. The number of carbonyl (C=O) groups excluding carboxylic acids is 1. The van der Waals surface area contributed by atoms with Crippen LogP contribution in [0.5, 0.6) is 0 Å². The highest BCUT2D eigenvalue weighted by atomic mass is 16.1. The van der Waals surface area contributed by atoms with E-state index in [4.69, 9.17) is 0 Å². The molecule has 0 aromatic heterocycles. The van der Waals surface area contributed by atoms with Gasteiger partial charge in [-0.05, 0) is 18.8 Å². The van der Waals surface area contributed by atoms with E-state index in [1.165, 1.54) is 25.7 Å². The number of rotatable bonds is 4. The molecule has 0 bridgehead atoms. The average molecular weight is 181 g/mol. The number of amides is 1. The van der Waals surface area contributed by atoms with E-state index in [2.05, 4.69) is 11.9 Å². The molecule has 0 radical (unpaired) electrons. The number of carbonyl (C=O) groups is 1. The number of hydrogen-bond acceptors (Lipinski definition) is 1. The van der Waals surface area contributed by atoms with Crippen LogP contribution in [-0.2, 0) is 4.79 Å². The van der Waals surface area contributed by atoms with Gasteiger partial charge in [0.05, 0.1) is 0 Å². The van der Waals surface area contributed by atoms with Crippen molar-refractivity contribution in [2.75, 3.05) is 6.54 Å². The fourth-order valence-corrected chi connectivity index (χ4v) is 2.01. The van der Waals surface area contributed by atoms with Gasteiger partial charge in [0.15, 0.2) is 0 Å². The third-order valence-electron chi connectivity index (χ3n) is 2.94. The highest BCUT2D eigenvalue weighted by Crippen LogP contribution is 2.31. The summed E-state index contributed by atoms with van der Waals surface area (Å²) in [6, 6.07) is 0. The van der Waals surface area contributed by atoms with Crippen molar-refractivity contribution >= 4 is 5.91 Å². The van der Waals surface area contributed by atoms with Crippen molar-refractivity contribution in [3.05, 3.63) is 12.7 Å². The van der Waals surface area contributed by atoms with Gasteiger partial charge in [-0.25, -0.2) is 0 Å². The summed E-state index contributed by atoms with van der Waals surface area (Å²) in [7, 11) is 0. The summed E-state index contributed by atoms with van der Waals surface area (Å²) in [5.41, 5.74) is 0. The molecule has 0 aliphatic heterocycles. The van der Waals surface area contributed by atoms with Crippen LogP contribution >= 0.6 is 0 Å². The fourth-order valence-electron chi connectivity index (χ4n) is 2.01. The lowest BCUT2D eigenvalue weighted by Gasteiger charge is -2.17. The third-order valence-corrected chi connectivity index (χ3v) is 2.94. The molecule has 2 heteroatoms. The minimum absolute atomic E-state index is 0.183. The van der Waals surface area contributed by atoms with Crippen molar-refractivity contribution in [3.63, 3.8) is 0 Å². The van der Waals surface area contributed by atoms with Crippen LogP contribution in [0.15, 0.2) is 12.7 Å². The molecule has 1 atom stereocenters. The lowest BCUT2D eigenvalue weighted by atomic mass is 9.92. The van der Waals surface area contributed by atoms with E-state index in [0.29, 0.717) is 12.5 Å². The lowest BCUT2D eigenvalue weighted by Crippen LogP contribution is -2.32. The van der Waals surface area contributed by atoms with Crippen LogP contribution in [0.3, 0.4) is 0 Å². The van der Waals surface area contributed by atoms with Crippen molar-refractivity contribution < 1.29 is 4.79 Å². The van der Waals surface area contributed by atoms with Crippen molar-refractivity contribution in [2.24, 2.45) is 11.8 Å². The smallest absolute Gasteiger partial charge is 0.223 e. The predicted octanol–water partition coefficient (Wildman–Crippen LogP) is 2.11. The minimum Gasteiger partial charge on any atom is -0.352 e. The van der Waals surface area contributed by atoms with Crippen LogP contribution < -0.4 is 5.32 Å². The largest absolute Gasteiger partial charge is 0.352 e. The summed E-state index contributed by atoms with van der Waals surface area (Å²) in [6.07, 6.45) is 6.76. The molecule has 1 N–H and O–H groups in total. The molecule has 1 amide bonds. The Morgan fingerprint density at radius 1 is 1.62 bits per heavy atom. The molecule has 0 heterocycles. The first-order valence-corrected chi connectivity index (χ1v) is 5.14. The third kappa shape index (κ3) is 2.87.